The van der Waals surface area contributed by atoms with Crippen molar-refractivity contribution in [1.82, 2.24) is 19.8 Å². The molecule has 2 aromatic heterocycles. The van der Waals surface area contributed by atoms with Crippen molar-refractivity contribution in [1.29, 1.82) is 0 Å². The number of amides is 2. The smallest absolute Gasteiger partial charge is 0.254 e. The molecule has 5 rings (SSSR count). The highest BCUT2D eigenvalue weighted by molar-refractivity contribution is 7.13. The van der Waals surface area contributed by atoms with Gasteiger partial charge in [0.2, 0.25) is 5.91 Å². The minimum absolute atomic E-state index is 0.0229. The Hall–Kier alpha value is -2.28. The fourth-order valence-corrected chi connectivity index (χ4v) is 6.98. The van der Waals surface area contributed by atoms with Crippen molar-refractivity contribution >= 4 is 23.2 Å². The molecule has 158 valence electrons. The van der Waals surface area contributed by atoms with Gasteiger partial charge in [0.05, 0.1) is 27.8 Å². The second kappa shape index (κ2) is 7.15. The Morgan fingerprint density at radius 2 is 1.97 bits per heavy atom. The van der Waals surface area contributed by atoms with Crippen LogP contribution in [0, 0.1) is 12.3 Å². The first-order valence-corrected chi connectivity index (χ1v) is 11.7. The van der Waals surface area contributed by atoms with Gasteiger partial charge in [0, 0.05) is 42.7 Å². The summed E-state index contributed by atoms with van der Waals surface area (Å²) in [5.74, 6) is 0.211. The summed E-state index contributed by atoms with van der Waals surface area (Å²) >= 11 is 1.55. The fourth-order valence-electron chi connectivity index (χ4n) is 6.20. The van der Waals surface area contributed by atoms with Crippen LogP contribution in [0.3, 0.4) is 0 Å². The summed E-state index contributed by atoms with van der Waals surface area (Å²) in [6, 6.07) is 4.25. The summed E-state index contributed by atoms with van der Waals surface area (Å²) in [5, 5.41) is 0. The van der Waals surface area contributed by atoms with Gasteiger partial charge in [-0.25, -0.2) is 4.98 Å². The summed E-state index contributed by atoms with van der Waals surface area (Å²) in [7, 11) is 0. The molecule has 3 fully saturated rings. The van der Waals surface area contributed by atoms with Crippen molar-refractivity contribution in [2.45, 2.75) is 71.0 Å². The number of rotatable bonds is 2. The van der Waals surface area contributed by atoms with E-state index in [2.05, 4.69) is 26.7 Å². The lowest BCUT2D eigenvalue weighted by molar-refractivity contribution is -0.136. The SMILES string of the molecule is CC(=O)N1C[C@@H]2C[C@@]3(C)[C@H](CCCC[C@@H]13)N2C(=O)c1ccnc(-c2scnc2C)c1. The van der Waals surface area contributed by atoms with Crippen LogP contribution in [-0.4, -0.2) is 56.3 Å². The van der Waals surface area contributed by atoms with Gasteiger partial charge in [0.25, 0.3) is 5.91 Å². The Morgan fingerprint density at radius 3 is 2.67 bits per heavy atom. The average molecular weight is 425 g/mol. The summed E-state index contributed by atoms with van der Waals surface area (Å²) in [6.45, 7) is 6.60. The van der Waals surface area contributed by atoms with Crippen molar-refractivity contribution in [3.8, 4) is 10.6 Å². The van der Waals surface area contributed by atoms with E-state index in [1.54, 1.807) is 24.5 Å². The third-order valence-corrected chi connectivity index (χ3v) is 8.49. The first-order chi connectivity index (χ1) is 14.4. The number of carbonyl (C=O) groups excluding carboxylic acids is 2. The average Bonchev–Trinajstić information content (AvgIpc) is 3.20. The van der Waals surface area contributed by atoms with Crippen LogP contribution in [0.5, 0.6) is 0 Å². The van der Waals surface area contributed by atoms with Crippen LogP contribution in [-0.2, 0) is 4.79 Å². The Bertz CT molecular complexity index is 1000. The number of piperidine rings is 1. The number of thiazole rings is 1. The van der Waals surface area contributed by atoms with E-state index in [0.29, 0.717) is 12.1 Å². The first kappa shape index (κ1) is 19.7. The largest absolute Gasteiger partial charge is 0.337 e. The van der Waals surface area contributed by atoms with E-state index in [1.807, 2.05) is 24.6 Å². The maximum atomic E-state index is 13.8. The number of nitrogens with zero attached hydrogens (tertiary/aromatic N) is 4. The van der Waals surface area contributed by atoms with Crippen molar-refractivity contribution in [3.05, 3.63) is 35.1 Å². The molecule has 0 radical (unpaired) electrons. The van der Waals surface area contributed by atoms with Crippen LogP contribution >= 0.6 is 11.3 Å². The zero-order valence-corrected chi connectivity index (χ0v) is 18.6. The molecule has 1 saturated carbocycles. The summed E-state index contributed by atoms with van der Waals surface area (Å²) in [4.78, 5) is 40.2. The molecule has 7 heteroatoms. The third-order valence-electron chi connectivity index (χ3n) is 7.54. The summed E-state index contributed by atoms with van der Waals surface area (Å²) < 4.78 is 0. The molecule has 3 aliphatic rings. The van der Waals surface area contributed by atoms with Crippen LogP contribution in [0.4, 0.5) is 0 Å². The van der Waals surface area contributed by atoms with Crippen molar-refractivity contribution in [2.24, 2.45) is 5.41 Å². The highest BCUT2D eigenvalue weighted by Gasteiger charge is 2.60. The Kier molecular flexibility index (Phi) is 4.69. The lowest BCUT2D eigenvalue weighted by Gasteiger charge is -2.46. The van der Waals surface area contributed by atoms with Gasteiger partial charge in [-0.1, -0.05) is 19.8 Å². The number of likely N-dealkylation sites (tertiary alicyclic amines) is 2. The first-order valence-electron chi connectivity index (χ1n) is 10.9. The van der Waals surface area contributed by atoms with Gasteiger partial charge in [0.1, 0.15) is 0 Å². The molecule has 0 unspecified atom stereocenters. The molecule has 6 nitrogen and oxygen atoms in total. The van der Waals surface area contributed by atoms with Crippen LogP contribution in [0.2, 0.25) is 0 Å². The quantitative estimate of drug-likeness (QED) is 0.733. The van der Waals surface area contributed by atoms with Gasteiger partial charge in [-0.2, -0.15) is 0 Å². The number of hydrogen-bond donors (Lipinski definition) is 0. The van der Waals surface area contributed by atoms with Crippen LogP contribution < -0.4 is 0 Å². The lowest BCUT2D eigenvalue weighted by Crippen LogP contribution is -2.55. The molecule has 2 aromatic rings. The summed E-state index contributed by atoms with van der Waals surface area (Å²) in [5.41, 5.74) is 4.21. The molecule has 1 aliphatic carbocycles. The molecule has 0 N–H and O–H groups in total. The molecule has 4 atom stereocenters. The Morgan fingerprint density at radius 1 is 1.20 bits per heavy atom. The highest BCUT2D eigenvalue weighted by Crippen LogP contribution is 2.53. The zero-order chi connectivity index (χ0) is 21.0. The topological polar surface area (TPSA) is 66.4 Å². The molecule has 30 heavy (non-hydrogen) atoms. The number of pyridine rings is 1. The molecular weight excluding hydrogens is 396 g/mol. The number of carbonyl (C=O) groups is 2. The third kappa shape index (κ3) is 2.89. The Labute approximate surface area is 181 Å². The van der Waals surface area contributed by atoms with E-state index in [0.717, 1.165) is 48.4 Å². The molecule has 0 spiro atoms. The van der Waals surface area contributed by atoms with Crippen LogP contribution in [0.1, 0.15) is 62.0 Å². The predicted octanol–water partition coefficient (Wildman–Crippen LogP) is 3.91. The van der Waals surface area contributed by atoms with Crippen molar-refractivity contribution in [2.75, 3.05) is 6.54 Å². The molecule has 2 bridgehead atoms. The van der Waals surface area contributed by atoms with E-state index in [4.69, 9.17) is 0 Å². The molecule has 4 heterocycles. The monoisotopic (exact) mass is 424 g/mol. The van der Waals surface area contributed by atoms with Gasteiger partial charge < -0.3 is 9.80 Å². The van der Waals surface area contributed by atoms with Crippen molar-refractivity contribution in [3.63, 3.8) is 0 Å². The number of aryl methyl sites for hydroxylation is 1. The van der Waals surface area contributed by atoms with E-state index in [1.165, 1.54) is 0 Å². The lowest BCUT2D eigenvalue weighted by atomic mass is 9.71. The normalized spacial score (nSPS) is 30.3. The van der Waals surface area contributed by atoms with Gasteiger partial charge in [-0.15, -0.1) is 11.3 Å². The Balaban J connectivity index is 1.52. The van der Waals surface area contributed by atoms with Gasteiger partial charge in [-0.05, 0) is 38.3 Å². The zero-order valence-electron chi connectivity index (χ0n) is 17.8. The van der Waals surface area contributed by atoms with E-state index in [-0.39, 0.29) is 35.4 Å². The number of fused-ring (bicyclic) bond motifs is 1. The van der Waals surface area contributed by atoms with Crippen LogP contribution in [0.25, 0.3) is 10.6 Å². The highest BCUT2D eigenvalue weighted by atomic mass is 32.1. The minimum Gasteiger partial charge on any atom is -0.337 e. The van der Waals surface area contributed by atoms with E-state index >= 15 is 0 Å². The van der Waals surface area contributed by atoms with Crippen molar-refractivity contribution < 1.29 is 9.59 Å². The number of aromatic nitrogens is 2. The van der Waals surface area contributed by atoms with Gasteiger partial charge in [-0.3, -0.25) is 14.6 Å². The van der Waals surface area contributed by atoms with Gasteiger partial charge in [0.15, 0.2) is 0 Å². The predicted molar refractivity (Wildman–Crippen MR) is 116 cm³/mol. The molecule has 2 aliphatic heterocycles. The second-order valence-electron chi connectivity index (χ2n) is 9.26. The minimum atomic E-state index is -0.0229. The van der Waals surface area contributed by atoms with E-state index in [9.17, 15) is 9.59 Å². The summed E-state index contributed by atoms with van der Waals surface area (Å²) in [6.07, 6.45) is 7.02. The molecule has 2 saturated heterocycles. The molecular formula is C23H28N4O2S. The second-order valence-corrected chi connectivity index (χ2v) is 10.1. The standard InChI is InChI=1S/C23H28N4O2S/c1-14-21(30-13-25-14)18-10-16(8-9-24-18)22(29)27-17-11-23(3)19(26(12-17)15(2)28)6-4-5-7-20(23)27/h8-10,13,17,19-20H,4-7,11-12H2,1-3H3/t17-,19+,20-,23+/m0/s1. The number of hydrogen-bond acceptors (Lipinski definition) is 5. The molecule has 0 aromatic carbocycles. The fraction of sp³-hybridized carbons (Fsp3) is 0.565. The maximum absolute atomic E-state index is 13.8. The molecule has 2 amide bonds. The van der Waals surface area contributed by atoms with Crippen LogP contribution in [0.15, 0.2) is 23.8 Å². The maximum Gasteiger partial charge on any atom is 0.254 e. The van der Waals surface area contributed by atoms with Gasteiger partial charge >= 0.3 is 0 Å². The van der Waals surface area contributed by atoms with E-state index < -0.39 is 0 Å².